The lowest BCUT2D eigenvalue weighted by atomic mass is 10.1. The molecule has 0 aliphatic carbocycles. The van der Waals surface area contributed by atoms with Gasteiger partial charge in [-0.15, -0.1) is 12.4 Å². The lowest BCUT2D eigenvalue weighted by Gasteiger charge is -2.21. The van der Waals surface area contributed by atoms with Crippen molar-refractivity contribution in [2.24, 2.45) is 5.73 Å². The van der Waals surface area contributed by atoms with Crippen LogP contribution in [0.15, 0.2) is 0 Å². The molecule has 1 rings (SSSR count). The number of carbonyl (C=O) groups is 1. The maximum atomic E-state index is 11.6. The van der Waals surface area contributed by atoms with E-state index < -0.39 is 0 Å². The Kier molecular flexibility index (Phi) is 8.51. The molecule has 3 atom stereocenters. The number of amides is 1. The van der Waals surface area contributed by atoms with Gasteiger partial charge in [0.05, 0.1) is 24.7 Å². The average Bonchev–Trinajstić information content (AvgIpc) is 2.79. The zero-order valence-electron chi connectivity index (χ0n) is 10.5. The molecular formula is C11H23ClN2O3. The summed E-state index contributed by atoms with van der Waals surface area (Å²) < 4.78 is 10.6. The number of rotatable bonds is 6. The van der Waals surface area contributed by atoms with E-state index in [2.05, 4.69) is 5.32 Å². The summed E-state index contributed by atoms with van der Waals surface area (Å²) in [7, 11) is 1.56. The highest BCUT2D eigenvalue weighted by Gasteiger charge is 2.24. The fraction of sp³-hybridized carbons (Fsp3) is 0.909. The van der Waals surface area contributed by atoms with Gasteiger partial charge in [-0.05, 0) is 19.8 Å². The van der Waals surface area contributed by atoms with Gasteiger partial charge in [-0.2, -0.15) is 0 Å². The molecule has 102 valence electrons. The van der Waals surface area contributed by atoms with Gasteiger partial charge in [-0.25, -0.2) is 0 Å². The molecular weight excluding hydrogens is 244 g/mol. The second-order valence-electron chi connectivity index (χ2n) is 4.21. The van der Waals surface area contributed by atoms with Crippen LogP contribution in [0.3, 0.4) is 0 Å². The third-order valence-corrected chi connectivity index (χ3v) is 2.92. The Hall–Kier alpha value is -0.360. The van der Waals surface area contributed by atoms with Crippen LogP contribution in [-0.2, 0) is 14.3 Å². The minimum absolute atomic E-state index is 0. The smallest absolute Gasteiger partial charge is 0.222 e. The summed E-state index contributed by atoms with van der Waals surface area (Å²) in [4.78, 5) is 11.6. The summed E-state index contributed by atoms with van der Waals surface area (Å²) in [5.74, 6) is -0.0275. The van der Waals surface area contributed by atoms with Crippen molar-refractivity contribution < 1.29 is 14.3 Å². The molecule has 0 aromatic rings. The molecule has 0 saturated carbocycles. The monoisotopic (exact) mass is 266 g/mol. The SMILES string of the molecule is COC(CN)CC(=O)NC(C)C1CCCO1.Cl. The molecule has 3 unspecified atom stereocenters. The van der Waals surface area contributed by atoms with Crippen molar-refractivity contribution in [3.63, 3.8) is 0 Å². The zero-order chi connectivity index (χ0) is 12.0. The van der Waals surface area contributed by atoms with E-state index in [0.717, 1.165) is 19.4 Å². The third kappa shape index (κ3) is 5.68. The van der Waals surface area contributed by atoms with Gasteiger partial charge < -0.3 is 20.5 Å². The van der Waals surface area contributed by atoms with Gasteiger partial charge in [-0.1, -0.05) is 0 Å². The Labute approximate surface area is 109 Å². The maximum Gasteiger partial charge on any atom is 0.222 e. The fourth-order valence-electron chi connectivity index (χ4n) is 1.87. The predicted octanol–water partition coefficient (Wildman–Crippen LogP) is 0.456. The molecule has 0 bridgehead atoms. The summed E-state index contributed by atoms with van der Waals surface area (Å²) >= 11 is 0. The largest absolute Gasteiger partial charge is 0.380 e. The highest BCUT2D eigenvalue weighted by Crippen LogP contribution is 2.15. The van der Waals surface area contributed by atoms with Gasteiger partial charge in [-0.3, -0.25) is 4.79 Å². The van der Waals surface area contributed by atoms with Crippen molar-refractivity contribution in [2.75, 3.05) is 20.3 Å². The molecule has 0 aromatic heterocycles. The van der Waals surface area contributed by atoms with Crippen molar-refractivity contribution in [2.45, 2.75) is 44.4 Å². The maximum absolute atomic E-state index is 11.6. The van der Waals surface area contributed by atoms with Crippen LogP contribution in [0.2, 0.25) is 0 Å². The molecule has 1 saturated heterocycles. The molecule has 1 amide bonds. The molecule has 1 fully saturated rings. The van der Waals surface area contributed by atoms with E-state index >= 15 is 0 Å². The average molecular weight is 267 g/mol. The number of carbonyl (C=O) groups excluding carboxylic acids is 1. The first-order valence-corrected chi connectivity index (χ1v) is 5.81. The topological polar surface area (TPSA) is 73.6 Å². The Morgan fingerprint density at radius 2 is 2.35 bits per heavy atom. The molecule has 1 aliphatic rings. The normalized spacial score (nSPS) is 22.6. The van der Waals surface area contributed by atoms with Gasteiger partial charge >= 0.3 is 0 Å². The van der Waals surface area contributed by atoms with Gasteiger partial charge in [0.2, 0.25) is 5.91 Å². The van der Waals surface area contributed by atoms with E-state index in [1.165, 1.54) is 0 Å². The number of hydrogen-bond acceptors (Lipinski definition) is 4. The molecule has 0 spiro atoms. The summed E-state index contributed by atoms with van der Waals surface area (Å²) in [6.07, 6.45) is 2.37. The minimum atomic E-state index is -0.198. The van der Waals surface area contributed by atoms with Crippen molar-refractivity contribution in [3.05, 3.63) is 0 Å². The quantitative estimate of drug-likeness (QED) is 0.732. The molecule has 1 heterocycles. The zero-order valence-corrected chi connectivity index (χ0v) is 11.3. The van der Waals surface area contributed by atoms with Gasteiger partial charge in [0.1, 0.15) is 0 Å². The Bertz CT molecular complexity index is 219. The number of hydrogen-bond donors (Lipinski definition) is 2. The van der Waals surface area contributed by atoms with Crippen LogP contribution in [0.5, 0.6) is 0 Å². The first-order valence-electron chi connectivity index (χ1n) is 5.81. The van der Waals surface area contributed by atoms with E-state index in [1.54, 1.807) is 7.11 Å². The Morgan fingerprint density at radius 1 is 1.65 bits per heavy atom. The molecule has 6 heteroatoms. The Morgan fingerprint density at radius 3 is 2.82 bits per heavy atom. The Balaban J connectivity index is 0.00000256. The van der Waals surface area contributed by atoms with Crippen LogP contribution in [-0.4, -0.2) is 44.4 Å². The summed E-state index contributed by atoms with van der Waals surface area (Å²) in [6.45, 7) is 3.13. The summed E-state index contributed by atoms with van der Waals surface area (Å²) in [5.41, 5.74) is 5.45. The summed E-state index contributed by atoms with van der Waals surface area (Å²) in [5, 5.41) is 2.92. The fourth-order valence-corrected chi connectivity index (χ4v) is 1.87. The highest BCUT2D eigenvalue weighted by molar-refractivity contribution is 5.85. The van der Waals surface area contributed by atoms with E-state index in [0.29, 0.717) is 13.0 Å². The lowest BCUT2D eigenvalue weighted by molar-refractivity contribution is -0.124. The minimum Gasteiger partial charge on any atom is -0.380 e. The summed E-state index contributed by atoms with van der Waals surface area (Å²) in [6, 6.07) is 0.0604. The van der Waals surface area contributed by atoms with Gasteiger partial charge in [0.25, 0.3) is 0 Å². The van der Waals surface area contributed by atoms with E-state index in [1.807, 2.05) is 6.92 Å². The van der Waals surface area contributed by atoms with Gasteiger partial charge in [0.15, 0.2) is 0 Å². The number of halogens is 1. The van der Waals surface area contributed by atoms with Crippen LogP contribution < -0.4 is 11.1 Å². The van der Waals surface area contributed by atoms with Gasteiger partial charge in [0, 0.05) is 20.3 Å². The third-order valence-electron chi connectivity index (χ3n) is 2.92. The lowest BCUT2D eigenvalue weighted by Crippen LogP contribution is -2.42. The van der Waals surface area contributed by atoms with Crippen LogP contribution in [0.4, 0.5) is 0 Å². The van der Waals surface area contributed by atoms with E-state index in [9.17, 15) is 4.79 Å². The van der Waals surface area contributed by atoms with Crippen molar-refractivity contribution in [1.29, 1.82) is 0 Å². The molecule has 0 radical (unpaired) electrons. The first-order chi connectivity index (χ1) is 7.67. The molecule has 17 heavy (non-hydrogen) atoms. The van der Waals surface area contributed by atoms with Crippen LogP contribution in [0.25, 0.3) is 0 Å². The van der Waals surface area contributed by atoms with Crippen LogP contribution >= 0.6 is 12.4 Å². The molecule has 0 aromatic carbocycles. The second-order valence-corrected chi connectivity index (χ2v) is 4.21. The number of ether oxygens (including phenoxy) is 2. The van der Waals surface area contributed by atoms with E-state index in [4.69, 9.17) is 15.2 Å². The number of methoxy groups -OCH3 is 1. The number of nitrogens with two attached hydrogens (primary N) is 1. The van der Waals surface area contributed by atoms with Crippen LogP contribution in [0, 0.1) is 0 Å². The standard InChI is InChI=1S/C11H22N2O3.ClH/c1-8(10-4-3-5-16-10)13-11(14)6-9(7-12)15-2;/h8-10H,3-7,12H2,1-2H3,(H,13,14);1H. The van der Waals surface area contributed by atoms with Crippen molar-refractivity contribution >= 4 is 18.3 Å². The molecule has 1 aliphatic heterocycles. The predicted molar refractivity (Wildman–Crippen MR) is 68.3 cm³/mol. The second kappa shape index (κ2) is 8.69. The van der Waals surface area contributed by atoms with Crippen molar-refractivity contribution in [3.8, 4) is 0 Å². The highest BCUT2D eigenvalue weighted by atomic mass is 35.5. The van der Waals surface area contributed by atoms with Crippen LogP contribution in [0.1, 0.15) is 26.2 Å². The molecule has 5 nitrogen and oxygen atoms in total. The number of nitrogens with one attached hydrogen (secondary N) is 1. The van der Waals surface area contributed by atoms with Crippen molar-refractivity contribution in [1.82, 2.24) is 5.32 Å². The molecule has 3 N–H and O–H groups in total. The first kappa shape index (κ1) is 16.6. The van der Waals surface area contributed by atoms with E-state index in [-0.39, 0.29) is 36.6 Å².